The number of cyclic esters (lactones) is 1. The smallest absolute Gasteiger partial charge is 0.309 e. The summed E-state index contributed by atoms with van der Waals surface area (Å²) in [5, 5.41) is 34.8. The van der Waals surface area contributed by atoms with Crippen molar-refractivity contribution in [2.75, 3.05) is 41.3 Å². The number of hydrogen-bond acceptors (Lipinski definition) is 14. The highest BCUT2D eigenvalue weighted by atomic mass is 16.7. The van der Waals surface area contributed by atoms with Crippen LogP contribution in [0.3, 0.4) is 0 Å². The first-order valence-corrected chi connectivity index (χ1v) is 19.8. The lowest BCUT2D eigenvalue weighted by molar-refractivity contribution is -0.310. The van der Waals surface area contributed by atoms with Crippen molar-refractivity contribution in [3.63, 3.8) is 0 Å². The number of aliphatic hydroxyl groups is 3. The summed E-state index contributed by atoms with van der Waals surface area (Å²) in [6.45, 7) is 6.19. The second-order valence-electron chi connectivity index (χ2n) is 15.6. The number of esters is 2. The Kier molecular flexibility index (Phi) is 17.8. The topological polar surface area (TPSA) is 177 Å². The Morgan fingerprint density at radius 3 is 2.57 bits per heavy atom. The van der Waals surface area contributed by atoms with Gasteiger partial charge in [-0.25, -0.2) is 0 Å². The van der Waals surface area contributed by atoms with E-state index < -0.39 is 79.0 Å². The number of aldehydes is 1. The van der Waals surface area contributed by atoms with Gasteiger partial charge in [0.2, 0.25) is 0 Å². The summed E-state index contributed by atoms with van der Waals surface area (Å²) in [6.07, 6.45) is -1.10. The minimum Gasteiger partial charge on any atom is -0.462 e. The zero-order valence-electron chi connectivity index (χ0n) is 33.9. The molecule has 2 aliphatic rings. The first kappa shape index (κ1) is 45.4. The second kappa shape index (κ2) is 22.0. The quantitative estimate of drug-likeness (QED) is 0.223. The number of ether oxygens (including phenoxy) is 5. The maximum atomic E-state index is 13.9. The van der Waals surface area contributed by atoms with Crippen LogP contribution in [0.5, 0.6) is 0 Å². The van der Waals surface area contributed by atoms with Crippen LogP contribution >= 0.6 is 0 Å². The maximum Gasteiger partial charge on any atom is 0.309 e. The minimum absolute atomic E-state index is 0.0185. The van der Waals surface area contributed by atoms with Gasteiger partial charge in [-0.1, -0.05) is 38.1 Å². The number of carbonyl (C=O) groups excluding carboxylic acids is 3. The van der Waals surface area contributed by atoms with Gasteiger partial charge in [0.1, 0.15) is 30.7 Å². The Hall–Kier alpha value is -3.34. The molecule has 0 saturated carbocycles. The van der Waals surface area contributed by atoms with Crippen LogP contribution in [0.25, 0.3) is 17.0 Å². The van der Waals surface area contributed by atoms with E-state index in [4.69, 9.17) is 23.7 Å². The van der Waals surface area contributed by atoms with Gasteiger partial charge < -0.3 is 53.6 Å². The average Bonchev–Trinajstić information content (AvgIpc) is 3.15. The lowest BCUT2D eigenvalue weighted by Crippen LogP contribution is -2.63. The number of likely N-dealkylation sites (N-methyl/N-ethyl adjacent to an activating group) is 2. The van der Waals surface area contributed by atoms with Crippen molar-refractivity contribution in [1.82, 2.24) is 14.8 Å². The number of fused-ring (bicyclic) bond motifs is 1. The predicted octanol–water partition coefficient (Wildman–Crippen LogP) is 3.38. The number of methoxy groups -OCH3 is 1. The molecule has 0 spiro atoms. The summed E-state index contributed by atoms with van der Waals surface area (Å²) in [5.41, 5.74) is 1.87. The molecule has 14 nitrogen and oxygen atoms in total. The lowest BCUT2D eigenvalue weighted by Gasteiger charge is -2.47. The van der Waals surface area contributed by atoms with Gasteiger partial charge in [0.15, 0.2) is 6.29 Å². The van der Waals surface area contributed by atoms with Crippen molar-refractivity contribution >= 4 is 35.2 Å². The Morgan fingerprint density at radius 1 is 1.11 bits per heavy atom. The summed E-state index contributed by atoms with van der Waals surface area (Å²) < 4.78 is 30.7. The molecule has 12 atom stereocenters. The lowest BCUT2D eigenvalue weighted by atomic mass is 9.82. The van der Waals surface area contributed by atoms with Crippen LogP contribution in [0, 0.1) is 11.8 Å². The molecule has 0 radical (unpaired) electrons. The molecule has 0 bridgehead atoms. The van der Waals surface area contributed by atoms with E-state index in [0.717, 1.165) is 22.8 Å². The number of carbonyl (C=O) groups is 3. The van der Waals surface area contributed by atoms with E-state index in [0.29, 0.717) is 32.4 Å². The zero-order chi connectivity index (χ0) is 40.9. The van der Waals surface area contributed by atoms with Gasteiger partial charge in [-0.2, -0.15) is 0 Å². The van der Waals surface area contributed by atoms with E-state index in [1.165, 1.54) is 7.11 Å². The summed E-state index contributed by atoms with van der Waals surface area (Å²) >= 11 is 0. The number of rotatable bonds is 11. The number of aliphatic hydroxyl groups excluding tert-OH is 3. The van der Waals surface area contributed by atoms with Crippen molar-refractivity contribution in [2.24, 2.45) is 11.8 Å². The monoisotopic (exact) mass is 785 g/mol. The zero-order valence-corrected chi connectivity index (χ0v) is 33.9. The molecule has 0 aliphatic carbocycles. The van der Waals surface area contributed by atoms with Crippen molar-refractivity contribution in [3.05, 3.63) is 48.2 Å². The summed E-state index contributed by atoms with van der Waals surface area (Å²) in [7, 11) is 6.77. The number of benzene rings is 1. The fourth-order valence-corrected chi connectivity index (χ4v) is 7.80. The Morgan fingerprint density at radius 2 is 1.88 bits per heavy atom. The highest BCUT2D eigenvalue weighted by Crippen LogP contribution is 2.34. The fourth-order valence-electron chi connectivity index (χ4n) is 7.80. The second-order valence-corrected chi connectivity index (χ2v) is 15.6. The number of nitrogens with zero attached hydrogens (tertiary/aromatic N) is 3. The Balaban J connectivity index is 1.69. The molecule has 14 heteroatoms. The molecule has 3 N–H and O–H groups in total. The molecule has 2 aromatic rings. The molecule has 4 rings (SSSR count). The molecule has 1 aromatic carbocycles. The normalized spacial score (nSPS) is 33.4. The molecular weight excluding hydrogens is 722 g/mol. The van der Waals surface area contributed by atoms with Crippen molar-refractivity contribution in [1.29, 1.82) is 0 Å². The van der Waals surface area contributed by atoms with Gasteiger partial charge in [-0.3, -0.25) is 14.6 Å². The molecule has 1 aromatic heterocycles. The number of pyridine rings is 1. The largest absolute Gasteiger partial charge is 0.462 e. The van der Waals surface area contributed by atoms with Crippen LogP contribution in [-0.4, -0.2) is 151 Å². The number of aromatic nitrogens is 1. The summed E-state index contributed by atoms with van der Waals surface area (Å²) in [4.78, 5) is 47.2. The van der Waals surface area contributed by atoms with E-state index in [-0.39, 0.29) is 31.6 Å². The average molecular weight is 786 g/mol. The third-order valence-corrected chi connectivity index (χ3v) is 11.0. The van der Waals surface area contributed by atoms with Crippen LogP contribution in [0.1, 0.15) is 71.3 Å². The van der Waals surface area contributed by atoms with Crippen LogP contribution in [0.4, 0.5) is 0 Å². The van der Waals surface area contributed by atoms with E-state index in [2.05, 4.69) is 4.98 Å². The fraction of sp³-hybridized carbons (Fsp3) is 0.667. The standard InChI is InChI=1S/C42H63N3O11/c1-8-35(48)55-34-24-36(49)54-31(14-9-12-28-16-17-32-29(23-28)13-10-19-43-32)15-11-20-45(6)25-33(47)26(2)22-30(18-21-46)40(41(34)52-7)56-42-39(51)37(44(4)5)38(50)27(3)53-42/h9-10,12-13,16-17,19,21,23,26-27,30-31,33-34,37-42,47,50-51H,8,11,14-15,18,20,22,24-25H2,1-7H3/t26-,27?,30+,31+,33+,34-,37?,38-,39?,40+,41+,42+/m1/s1. The third kappa shape index (κ3) is 12.6. The predicted molar refractivity (Wildman–Crippen MR) is 210 cm³/mol. The van der Waals surface area contributed by atoms with E-state index in [9.17, 15) is 29.7 Å². The highest BCUT2D eigenvalue weighted by Gasteiger charge is 2.48. The Bertz CT molecular complexity index is 1580. The number of β-amino-alcohol motifs (C(OH)–C–C–N with tert-alkyl or cyclic N) is 1. The number of hydrogen-bond donors (Lipinski definition) is 3. The SMILES string of the molecule is CCC(=O)O[C@@H]1CC(=O)O[C@@H](CC=Cc2ccc3ncccc3c2)CCCN(C)C[C@H](O)[C@H](C)C[C@H](CC=O)[C@H](O[C@@H]2OC(C)[C@@H](O)C(N(C)C)C2O)[C@H]1OC. The van der Waals surface area contributed by atoms with Crippen molar-refractivity contribution in [2.45, 2.75) is 127 Å². The van der Waals surface area contributed by atoms with Gasteiger partial charge in [0.25, 0.3) is 0 Å². The van der Waals surface area contributed by atoms with Crippen LogP contribution in [0.15, 0.2) is 42.6 Å². The molecule has 2 aliphatic heterocycles. The highest BCUT2D eigenvalue weighted by molar-refractivity contribution is 5.81. The Labute approximate surface area is 331 Å². The molecule has 312 valence electrons. The molecular formula is C42H63N3O11. The molecule has 3 unspecified atom stereocenters. The minimum atomic E-state index is -1.33. The van der Waals surface area contributed by atoms with Crippen LogP contribution in [0.2, 0.25) is 0 Å². The third-order valence-electron chi connectivity index (χ3n) is 11.0. The maximum absolute atomic E-state index is 13.9. The van der Waals surface area contributed by atoms with Crippen LogP contribution < -0.4 is 0 Å². The van der Waals surface area contributed by atoms with Crippen molar-refractivity contribution < 1.29 is 53.4 Å². The van der Waals surface area contributed by atoms with Crippen LogP contribution in [-0.2, 0) is 38.1 Å². The van der Waals surface area contributed by atoms with E-state index in [1.54, 1.807) is 39.0 Å². The molecule has 3 heterocycles. The first-order valence-electron chi connectivity index (χ1n) is 19.8. The first-order chi connectivity index (χ1) is 26.8. The molecule has 2 saturated heterocycles. The van der Waals surface area contributed by atoms with Gasteiger partial charge in [-0.05, 0) is 89.5 Å². The van der Waals surface area contributed by atoms with Gasteiger partial charge in [0, 0.05) is 44.5 Å². The van der Waals surface area contributed by atoms with E-state index >= 15 is 0 Å². The van der Waals surface area contributed by atoms with E-state index in [1.807, 2.05) is 61.4 Å². The van der Waals surface area contributed by atoms with Gasteiger partial charge in [0.05, 0.1) is 42.4 Å². The van der Waals surface area contributed by atoms with Gasteiger partial charge >= 0.3 is 11.9 Å². The molecule has 0 amide bonds. The summed E-state index contributed by atoms with van der Waals surface area (Å²) in [6, 6.07) is 9.11. The van der Waals surface area contributed by atoms with Gasteiger partial charge in [-0.15, -0.1) is 0 Å². The molecule has 2 fully saturated rings. The summed E-state index contributed by atoms with van der Waals surface area (Å²) in [5.74, 6) is -2.15. The molecule has 56 heavy (non-hydrogen) atoms. The van der Waals surface area contributed by atoms with Crippen molar-refractivity contribution in [3.8, 4) is 0 Å².